The van der Waals surface area contributed by atoms with Crippen LogP contribution < -0.4 is 0 Å². The minimum absolute atomic E-state index is 0.0106. The summed E-state index contributed by atoms with van der Waals surface area (Å²) in [6.45, 7) is 1.99. The summed E-state index contributed by atoms with van der Waals surface area (Å²) in [5.41, 5.74) is 2.05. The molecule has 2 rings (SSSR count). The van der Waals surface area contributed by atoms with Crippen molar-refractivity contribution in [2.45, 2.75) is 19.3 Å². The first-order chi connectivity index (χ1) is 10.6. The molecule has 0 aromatic heterocycles. The van der Waals surface area contributed by atoms with Crippen molar-refractivity contribution in [3.63, 3.8) is 0 Å². The molecule has 0 aliphatic rings. The molecule has 0 aliphatic carbocycles. The van der Waals surface area contributed by atoms with Crippen LogP contribution in [-0.2, 0) is 11.2 Å². The Bertz CT molecular complexity index is 610. The van der Waals surface area contributed by atoms with E-state index in [1.165, 1.54) is 6.21 Å². The molecule has 0 saturated carbocycles. The van der Waals surface area contributed by atoms with Crippen LogP contribution in [0.2, 0.25) is 0 Å². The lowest BCUT2D eigenvalue weighted by Crippen LogP contribution is -2.30. The average Bonchev–Trinajstić information content (AvgIpc) is 2.56. The highest BCUT2D eigenvalue weighted by molar-refractivity contribution is 5.76. The van der Waals surface area contributed by atoms with Gasteiger partial charge in [0.1, 0.15) is 0 Å². The number of carboxylic acids is 1. The number of hydrogen-bond donors (Lipinski definition) is 2. The van der Waals surface area contributed by atoms with E-state index in [0.29, 0.717) is 6.42 Å². The summed E-state index contributed by atoms with van der Waals surface area (Å²) in [6, 6.07) is 19.4. The SMILES string of the molecule is C[C@H](c1ccccc1)C(C=N)[C@@H](Cc1ccccc1)C(=O)O. The summed E-state index contributed by atoms with van der Waals surface area (Å²) in [5.74, 6) is -1.79. The maximum atomic E-state index is 11.7. The highest BCUT2D eigenvalue weighted by Crippen LogP contribution is 2.31. The Kier molecular flexibility index (Phi) is 5.48. The van der Waals surface area contributed by atoms with Gasteiger partial charge in [0.05, 0.1) is 5.92 Å². The largest absolute Gasteiger partial charge is 0.481 e. The molecule has 22 heavy (non-hydrogen) atoms. The van der Waals surface area contributed by atoms with Crippen molar-refractivity contribution in [2.24, 2.45) is 11.8 Å². The lowest BCUT2D eigenvalue weighted by molar-refractivity contribution is -0.143. The predicted molar refractivity (Wildman–Crippen MR) is 88.4 cm³/mol. The Morgan fingerprint density at radius 3 is 2.14 bits per heavy atom. The molecule has 3 atom stereocenters. The summed E-state index contributed by atoms with van der Waals surface area (Å²) in [5, 5.41) is 17.4. The Hall–Kier alpha value is -2.42. The van der Waals surface area contributed by atoms with Crippen LogP contribution in [-0.4, -0.2) is 17.3 Å². The van der Waals surface area contributed by atoms with E-state index in [2.05, 4.69) is 0 Å². The molecular formula is C19H21NO2. The molecular weight excluding hydrogens is 274 g/mol. The minimum atomic E-state index is -0.847. The third kappa shape index (κ3) is 3.82. The van der Waals surface area contributed by atoms with E-state index in [1.54, 1.807) is 0 Å². The quantitative estimate of drug-likeness (QED) is 0.758. The van der Waals surface area contributed by atoms with Gasteiger partial charge < -0.3 is 10.5 Å². The standard InChI is InChI=1S/C19H21NO2/c1-14(16-10-6-3-7-11-16)18(13-20)17(19(21)22)12-15-8-4-2-5-9-15/h2-11,13-14,17-18,20H,12H2,1H3,(H,21,22)/t14-,17-,18?/m1/s1. The van der Waals surface area contributed by atoms with Crippen LogP contribution in [0.5, 0.6) is 0 Å². The van der Waals surface area contributed by atoms with E-state index < -0.39 is 11.9 Å². The Labute approximate surface area is 131 Å². The molecule has 3 nitrogen and oxygen atoms in total. The zero-order chi connectivity index (χ0) is 15.9. The summed E-state index contributed by atoms with van der Waals surface area (Å²) in [6.07, 6.45) is 1.73. The first-order valence-corrected chi connectivity index (χ1v) is 7.45. The zero-order valence-electron chi connectivity index (χ0n) is 12.6. The fourth-order valence-corrected chi connectivity index (χ4v) is 2.84. The van der Waals surface area contributed by atoms with Crippen molar-refractivity contribution in [3.8, 4) is 0 Å². The van der Waals surface area contributed by atoms with Gasteiger partial charge in [-0.3, -0.25) is 4.79 Å². The Balaban J connectivity index is 2.24. The fourth-order valence-electron chi connectivity index (χ4n) is 2.84. The van der Waals surface area contributed by atoms with Gasteiger partial charge in [0.25, 0.3) is 0 Å². The lowest BCUT2D eigenvalue weighted by Gasteiger charge is -2.26. The average molecular weight is 295 g/mol. The molecule has 2 aromatic rings. The van der Waals surface area contributed by atoms with E-state index >= 15 is 0 Å². The Morgan fingerprint density at radius 2 is 1.64 bits per heavy atom. The maximum absolute atomic E-state index is 11.7. The highest BCUT2D eigenvalue weighted by Gasteiger charge is 2.31. The number of carbonyl (C=O) groups is 1. The molecule has 0 fully saturated rings. The second-order valence-corrected chi connectivity index (χ2v) is 5.58. The highest BCUT2D eigenvalue weighted by atomic mass is 16.4. The molecule has 0 aliphatic heterocycles. The van der Waals surface area contributed by atoms with E-state index in [4.69, 9.17) is 5.41 Å². The van der Waals surface area contributed by atoms with Gasteiger partial charge in [0, 0.05) is 5.92 Å². The third-order valence-corrected chi connectivity index (χ3v) is 4.18. The monoisotopic (exact) mass is 295 g/mol. The van der Waals surface area contributed by atoms with Crippen LogP contribution in [0.1, 0.15) is 24.0 Å². The zero-order valence-corrected chi connectivity index (χ0v) is 12.6. The molecule has 1 unspecified atom stereocenters. The molecule has 0 radical (unpaired) electrons. The van der Waals surface area contributed by atoms with Crippen molar-refractivity contribution in [1.29, 1.82) is 5.41 Å². The van der Waals surface area contributed by atoms with Gasteiger partial charge in [0.2, 0.25) is 0 Å². The number of carboxylic acid groups (broad SMARTS) is 1. The van der Waals surface area contributed by atoms with Crippen molar-refractivity contribution in [3.05, 3.63) is 71.8 Å². The molecule has 3 heteroatoms. The second-order valence-electron chi connectivity index (χ2n) is 5.58. The van der Waals surface area contributed by atoms with Gasteiger partial charge in [-0.25, -0.2) is 0 Å². The van der Waals surface area contributed by atoms with Crippen molar-refractivity contribution >= 4 is 12.2 Å². The first-order valence-electron chi connectivity index (χ1n) is 7.45. The van der Waals surface area contributed by atoms with Crippen molar-refractivity contribution < 1.29 is 9.90 Å². The normalized spacial score (nSPS) is 14.8. The van der Waals surface area contributed by atoms with Crippen LogP contribution in [0.3, 0.4) is 0 Å². The summed E-state index contributed by atoms with van der Waals surface area (Å²) in [7, 11) is 0. The predicted octanol–water partition coefficient (Wildman–Crippen LogP) is 4.00. The molecule has 0 spiro atoms. The van der Waals surface area contributed by atoms with E-state index in [1.807, 2.05) is 67.6 Å². The summed E-state index contributed by atoms with van der Waals surface area (Å²) < 4.78 is 0. The van der Waals surface area contributed by atoms with E-state index in [0.717, 1.165) is 11.1 Å². The molecule has 0 saturated heterocycles. The van der Waals surface area contributed by atoms with Crippen LogP contribution in [0, 0.1) is 17.2 Å². The maximum Gasteiger partial charge on any atom is 0.307 e. The molecule has 2 N–H and O–H groups in total. The molecule has 0 amide bonds. The summed E-state index contributed by atoms with van der Waals surface area (Å²) >= 11 is 0. The van der Waals surface area contributed by atoms with Crippen LogP contribution in [0.15, 0.2) is 60.7 Å². The number of benzene rings is 2. The number of rotatable bonds is 7. The second kappa shape index (κ2) is 7.55. The molecule has 0 heterocycles. The van der Waals surface area contributed by atoms with E-state index in [9.17, 15) is 9.90 Å². The van der Waals surface area contributed by atoms with Crippen molar-refractivity contribution in [2.75, 3.05) is 0 Å². The van der Waals surface area contributed by atoms with Gasteiger partial charge >= 0.3 is 5.97 Å². The van der Waals surface area contributed by atoms with Gasteiger partial charge in [-0.05, 0) is 29.7 Å². The molecule has 2 aromatic carbocycles. The van der Waals surface area contributed by atoms with E-state index in [-0.39, 0.29) is 11.8 Å². The van der Waals surface area contributed by atoms with Crippen LogP contribution in [0.4, 0.5) is 0 Å². The number of aliphatic carboxylic acids is 1. The van der Waals surface area contributed by atoms with Crippen molar-refractivity contribution in [1.82, 2.24) is 0 Å². The lowest BCUT2D eigenvalue weighted by atomic mass is 9.77. The summed E-state index contributed by atoms with van der Waals surface area (Å²) in [4.78, 5) is 11.7. The fraction of sp³-hybridized carbons (Fsp3) is 0.263. The van der Waals surface area contributed by atoms with Gasteiger partial charge in [-0.2, -0.15) is 0 Å². The smallest absolute Gasteiger partial charge is 0.307 e. The van der Waals surface area contributed by atoms with Crippen LogP contribution >= 0.6 is 0 Å². The third-order valence-electron chi connectivity index (χ3n) is 4.18. The van der Waals surface area contributed by atoms with Gasteiger partial charge in [-0.1, -0.05) is 67.6 Å². The molecule has 0 bridgehead atoms. The minimum Gasteiger partial charge on any atom is -0.481 e. The molecule has 114 valence electrons. The first kappa shape index (κ1) is 16.0. The topological polar surface area (TPSA) is 61.2 Å². The Morgan fingerprint density at radius 1 is 1.09 bits per heavy atom. The van der Waals surface area contributed by atoms with Gasteiger partial charge in [0.15, 0.2) is 0 Å². The number of nitrogens with one attached hydrogen (secondary N) is 1. The van der Waals surface area contributed by atoms with Crippen LogP contribution in [0.25, 0.3) is 0 Å². The number of hydrogen-bond acceptors (Lipinski definition) is 2. The van der Waals surface area contributed by atoms with Gasteiger partial charge in [-0.15, -0.1) is 0 Å².